The first-order valence-corrected chi connectivity index (χ1v) is 8.86. The second-order valence-corrected chi connectivity index (χ2v) is 7.06. The van der Waals surface area contributed by atoms with Crippen LogP contribution >= 0.6 is 0 Å². The molecule has 0 heterocycles. The highest BCUT2D eigenvalue weighted by Crippen LogP contribution is 2.57. The van der Waals surface area contributed by atoms with Crippen molar-refractivity contribution in [2.75, 3.05) is 13.2 Å². The van der Waals surface area contributed by atoms with Crippen molar-refractivity contribution in [1.29, 1.82) is 5.26 Å². The van der Waals surface area contributed by atoms with E-state index in [0.29, 0.717) is 44.7 Å². The standard InChI is InChI=1S/C19H27NO4/c1-4-23-14-11-15-18(3,10-7-17(22)24-5-2)8-6-9-19(15,13-20)16(21)12-14/h12,15H,4-11H2,1-3H3/t15-,18-,19+/m1/s1. The van der Waals surface area contributed by atoms with Crippen LogP contribution in [0.25, 0.3) is 0 Å². The summed E-state index contributed by atoms with van der Waals surface area (Å²) in [6.45, 7) is 6.66. The van der Waals surface area contributed by atoms with Crippen molar-refractivity contribution < 1.29 is 19.1 Å². The molecule has 3 atom stereocenters. The molecule has 0 aromatic carbocycles. The highest BCUT2D eigenvalue weighted by atomic mass is 16.5. The van der Waals surface area contributed by atoms with E-state index in [0.717, 1.165) is 12.8 Å². The molecular formula is C19H27NO4. The summed E-state index contributed by atoms with van der Waals surface area (Å²) in [5.74, 6) is 0.209. The third-order valence-corrected chi connectivity index (χ3v) is 5.63. The van der Waals surface area contributed by atoms with Gasteiger partial charge in [0.2, 0.25) is 0 Å². The SMILES string of the molecule is CCOC(=O)CC[C@@]1(C)CCC[C@@]2(C#N)C(=O)C=C(OCC)C[C@H]12. The fraction of sp³-hybridized carbons (Fsp3) is 0.737. The van der Waals surface area contributed by atoms with Gasteiger partial charge in [0.25, 0.3) is 0 Å². The molecule has 24 heavy (non-hydrogen) atoms. The number of rotatable bonds is 6. The Balaban J connectivity index is 2.27. The second-order valence-electron chi connectivity index (χ2n) is 7.06. The van der Waals surface area contributed by atoms with Crippen LogP contribution in [0, 0.1) is 28.1 Å². The maximum Gasteiger partial charge on any atom is 0.305 e. The van der Waals surface area contributed by atoms with E-state index >= 15 is 0 Å². The predicted octanol–water partition coefficient (Wildman–Crippen LogP) is 3.54. The normalized spacial score (nSPS) is 32.3. The Bertz CT molecular complexity index is 576. The maximum atomic E-state index is 12.7. The van der Waals surface area contributed by atoms with Crippen LogP contribution in [0.15, 0.2) is 11.8 Å². The molecule has 0 radical (unpaired) electrons. The second kappa shape index (κ2) is 7.38. The van der Waals surface area contributed by atoms with E-state index in [1.54, 1.807) is 6.92 Å². The van der Waals surface area contributed by atoms with Crippen molar-refractivity contribution in [1.82, 2.24) is 0 Å². The van der Waals surface area contributed by atoms with Crippen molar-refractivity contribution in [3.8, 4) is 6.07 Å². The topological polar surface area (TPSA) is 76.4 Å². The Kier molecular flexibility index (Phi) is 5.69. The number of ether oxygens (including phenoxy) is 2. The lowest BCUT2D eigenvalue weighted by Gasteiger charge is -2.51. The summed E-state index contributed by atoms with van der Waals surface area (Å²) >= 11 is 0. The molecule has 0 amide bonds. The van der Waals surface area contributed by atoms with E-state index in [4.69, 9.17) is 9.47 Å². The number of hydrogen-bond acceptors (Lipinski definition) is 5. The number of nitriles is 1. The van der Waals surface area contributed by atoms with E-state index in [-0.39, 0.29) is 23.1 Å². The minimum Gasteiger partial charge on any atom is -0.498 e. The van der Waals surface area contributed by atoms with Crippen LogP contribution in [0.3, 0.4) is 0 Å². The van der Waals surface area contributed by atoms with Gasteiger partial charge in [0.1, 0.15) is 5.41 Å². The largest absolute Gasteiger partial charge is 0.498 e. The molecule has 0 unspecified atom stereocenters. The third-order valence-electron chi connectivity index (χ3n) is 5.63. The summed E-state index contributed by atoms with van der Waals surface area (Å²) in [5, 5.41) is 9.82. The van der Waals surface area contributed by atoms with Gasteiger partial charge in [-0.3, -0.25) is 9.59 Å². The van der Waals surface area contributed by atoms with Crippen LogP contribution in [-0.4, -0.2) is 25.0 Å². The zero-order chi connectivity index (χ0) is 17.8. The Hall–Kier alpha value is -1.83. The van der Waals surface area contributed by atoms with E-state index in [2.05, 4.69) is 13.0 Å². The van der Waals surface area contributed by atoms with E-state index in [9.17, 15) is 14.9 Å². The number of carbonyl (C=O) groups excluding carboxylic acids is 2. The Morgan fingerprint density at radius 1 is 1.38 bits per heavy atom. The first-order valence-electron chi connectivity index (χ1n) is 8.86. The van der Waals surface area contributed by atoms with Gasteiger partial charge in [-0.25, -0.2) is 0 Å². The molecule has 0 spiro atoms. The molecule has 1 saturated carbocycles. The Morgan fingerprint density at radius 2 is 2.12 bits per heavy atom. The fourth-order valence-electron chi connectivity index (χ4n) is 4.36. The molecule has 5 heteroatoms. The van der Waals surface area contributed by atoms with E-state index < -0.39 is 5.41 Å². The molecule has 132 valence electrons. The molecular weight excluding hydrogens is 306 g/mol. The number of allylic oxidation sites excluding steroid dienone is 2. The summed E-state index contributed by atoms with van der Waals surface area (Å²) < 4.78 is 10.6. The van der Waals surface area contributed by atoms with Crippen LogP contribution in [-0.2, 0) is 19.1 Å². The number of esters is 1. The molecule has 0 aromatic heterocycles. The minimum absolute atomic E-state index is 0.114. The number of fused-ring (bicyclic) bond motifs is 1. The van der Waals surface area contributed by atoms with Crippen LogP contribution in [0.1, 0.15) is 59.3 Å². The van der Waals surface area contributed by atoms with E-state index in [1.807, 2.05) is 6.92 Å². The van der Waals surface area contributed by atoms with Crippen LogP contribution in [0.5, 0.6) is 0 Å². The van der Waals surface area contributed by atoms with Gasteiger partial charge in [0, 0.05) is 18.9 Å². The number of nitrogens with zero attached hydrogens (tertiary/aromatic N) is 1. The van der Waals surface area contributed by atoms with Gasteiger partial charge in [-0.2, -0.15) is 5.26 Å². The zero-order valence-corrected chi connectivity index (χ0v) is 14.9. The Morgan fingerprint density at radius 3 is 2.75 bits per heavy atom. The monoisotopic (exact) mass is 333 g/mol. The molecule has 1 fully saturated rings. The van der Waals surface area contributed by atoms with Gasteiger partial charge in [-0.1, -0.05) is 13.3 Å². The van der Waals surface area contributed by atoms with Crippen molar-refractivity contribution in [2.24, 2.45) is 16.7 Å². The first kappa shape index (κ1) is 18.5. The van der Waals surface area contributed by atoms with Crippen molar-refractivity contribution in [3.05, 3.63) is 11.8 Å². The van der Waals surface area contributed by atoms with Crippen LogP contribution in [0.2, 0.25) is 0 Å². The summed E-state index contributed by atoms with van der Waals surface area (Å²) in [7, 11) is 0. The summed E-state index contributed by atoms with van der Waals surface area (Å²) in [5.41, 5.74) is -1.21. The minimum atomic E-state index is -0.970. The maximum absolute atomic E-state index is 12.7. The molecule has 0 aromatic rings. The lowest BCUT2D eigenvalue weighted by Crippen LogP contribution is -2.51. The quantitative estimate of drug-likeness (QED) is 0.695. The van der Waals surface area contributed by atoms with Crippen molar-refractivity contribution in [3.63, 3.8) is 0 Å². The molecule has 5 nitrogen and oxygen atoms in total. The zero-order valence-electron chi connectivity index (χ0n) is 14.9. The van der Waals surface area contributed by atoms with E-state index in [1.165, 1.54) is 6.08 Å². The van der Waals surface area contributed by atoms with Gasteiger partial charge in [0.15, 0.2) is 5.78 Å². The summed E-state index contributed by atoms with van der Waals surface area (Å²) in [6.07, 6.45) is 5.39. The molecule has 0 bridgehead atoms. The third kappa shape index (κ3) is 3.33. The predicted molar refractivity (Wildman–Crippen MR) is 88.7 cm³/mol. The molecule has 2 rings (SSSR count). The number of hydrogen-bond donors (Lipinski definition) is 0. The number of carbonyl (C=O) groups is 2. The molecule has 2 aliphatic carbocycles. The van der Waals surface area contributed by atoms with Gasteiger partial charge in [-0.05, 0) is 44.4 Å². The van der Waals surface area contributed by atoms with Crippen LogP contribution in [0.4, 0.5) is 0 Å². The summed E-state index contributed by atoms with van der Waals surface area (Å²) in [4.78, 5) is 24.5. The van der Waals surface area contributed by atoms with Crippen molar-refractivity contribution >= 4 is 11.8 Å². The first-order chi connectivity index (χ1) is 11.4. The smallest absolute Gasteiger partial charge is 0.305 e. The molecule has 0 saturated heterocycles. The highest BCUT2D eigenvalue weighted by Gasteiger charge is 2.57. The van der Waals surface area contributed by atoms with Gasteiger partial charge in [-0.15, -0.1) is 0 Å². The lowest BCUT2D eigenvalue weighted by atomic mass is 9.50. The fourth-order valence-corrected chi connectivity index (χ4v) is 4.36. The van der Waals surface area contributed by atoms with Gasteiger partial charge >= 0.3 is 5.97 Å². The Labute approximate surface area is 144 Å². The van der Waals surface area contributed by atoms with Gasteiger partial charge in [0.05, 0.1) is 25.0 Å². The highest BCUT2D eigenvalue weighted by molar-refractivity contribution is 5.98. The molecule has 0 N–H and O–H groups in total. The van der Waals surface area contributed by atoms with Crippen LogP contribution < -0.4 is 0 Å². The van der Waals surface area contributed by atoms with Crippen molar-refractivity contribution in [2.45, 2.75) is 59.3 Å². The average Bonchev–Trinajstić information content (AvgIpc) is 2.55. The lowest BCUT2D eigenvalue weighted by molar-refractivity contribution is -0.145. The number of ketones is 1. The molecule has 2 aliphatic rings. The summed E-state index contributed by atoms with van der Waals surface area (Å²) in [6, 6.07) is 2.33. The average molecular weight is 333 g/mol. The molecule has 0 aliphatic heterocycles. The van der Waals surface area contributed by atoms with Gasteiger partial charge < -0.3 is 9.47 Å².